The molecule has 106 valence electrons. The van der Waals surface area contributed by atoms with Gasteiger partial charge in [-0.2, -0.15) is 0 Å². The molecule has 0 saturated heterocycles. The van der Waals surface area contributed by atoms with Crippen molar-refractivity contribution < 1.29 is 4.39 Å². The van der Waals surface area contributed by atoms with Gasteiger partial charge in [-0.15, -0.1) is 0 Å². The van der Waals surface area contributed by atoms with E-state index in [4.69, 9.17) is 0 Å². The second kappa shape index (κ2) is 6.67. The van der Waals surface area contributed by atoms with Gasteiger partial charge in [-0.1, -0.05) is 54.4 Å². The maximum absolute atomic E-state index is 14.0. The van der Waals surface area contributed by atoms with Gasteiger partial charge in [0.25, 0.3) is 0 Å². The first-order chi connectivity index (χ1) is 9.60. The quantitative estimate of drug-likeness (QED) is 0.853. The van der Waals surface area contributed by atoms with E-state index in [0.29, 0.717) is 0 Å². The summed E-state index contributed by atoms with van der Waals surface area (Å²) < 4.78 is 14.0. The average molecular weight is 271 g/mol. The van der Waals surface area contributed by atoms with Crippen molar-refractivity contribution in [1.82, 2.24) is 5.32 Å². The number of hydrogen-bond donors (Lipinski definition) is 1. The zero-order valence-electron chi connectivity index (χ0n) is 12.4. The van der Waals surface area contributed by atoms with Crippen molar-refractivity contribution in [3.8, 4) is 0 Å². The smallest absolute Gasteiger partial charge is 0.127 e. The third-order valence-corrected chi connectivity index (χ3v) is 3.45. The van der Waals surface area contributed by atoms with Gasteiger partial charge in [-0.05, 0) is 38.4 Å². The fourth-order valence-electron chi connectivity index (χ4n) is 2.72. The molecule has 0 spiro atoms. The van der Waals surface area contributed by atoms with Crippen molar-refractivity contribution in [2.75, 3.05) is 6.54 Å². The van der Waals surface area contributed by atoms with Crippen LogP contribution in [-0.2, 0) is 6.42 Å². The van der Waals surface area contributed by atoms with Gasteiger partial charge >= 0.3 is 0 Å². The molecule has 0 aliphatic heterocycles. The van der Waals surface area contributed by atoms with Crippen molar-refractivity contribution in [1.29, 1.82) is 0 Å². The molecule has 1 unspecified atom stereocenters. The maximum atomic E-state index is 14.0. The van der Waals surface area contributed by atoms with E-state index in [-0.39, 0.29) is 11.9 Å². The van der Waals surface area contributed by atoms with Crippen LogP contribution in [0.3, 0.4) is 0 Å². The highest BCUT2D eigenvalue weighted by atomic mass is 19.1. The molecule has 0 aliphatic rings. The van der Waals surface area contributed by atoms with Crippen molar-refractivity contribution in [3.63, 3.8) is 0 Å². The van der Waals surface area contributed by atoms with Crippen LogP contribution in [0.25, 0.3) is 0 Å². The summed E-state index contributed by atoms with van der Waals surface area (Å²) in [6.45, 7) is 7.07. The lowest BCUT2D eigenvalue weighted by Gasteiger charge is -2.19. The normalized spacial score (nSPS) is 12.4. The summed E-state index contributed by atoms with van der Waals surface area (Å²) in [6, 6.07) is 13.6. The van der Waals surface area contributed by atoms with Crippen LogP contribution in [-0.4, -0.2) is 6.54 Å². The number of hydrogen-bond acceptors (Lipinski definition) is 1. The summed E-state index contributed by atoms with van der Waals surface area (Å²) in [5, 5.41) is 3.39. The lowest BCUT2D eigenvalue weighted by molar-refractivity contribution is 0.510. The van der Waals surface area contributed by atoms with E-state index in [1.165, 1.54) is 22.8 Å². The number of nitrogens with one attached hydrogen (secondary N) is 1. The largest absolute Gasteiger partial charge is 0.310 e. The minimum absolute atomic E-state index is 0.0161. The highest BCUT2D eigenvalue weighted by Gasteiger charge is 2.15. The summed E-state index contributed by atoms with van der Waals surface area (Å²) in [4.78, 5) is 0. The Kier molecular flexibility index (Phi) is 4.91. The predicted molar refractivity (Wildman–Crippen MR) is 82.4 cm³/mol. The first-order valence-electron chi connectivity index (χ1n) is 7.15. The maximum Gasteiger partial charge on any atom is 0.127 e. The van der Waals surface area contributed by atoms with Crippen LogP contribution < -0.4 is 5.32 Å². The number of likely N-dealkylation sites (N-methyl/N-ethyl adjacent to an activating group) is 1. The third kappa shape index (κ3) is 3.67. The molecule has 1 N–H and O–H groups in total. The minimum atomic E-state index is -0.136. The zero-order chi connectivity index (χ0) is 14.5. The Balaban J connectivity index is 2.28. The van der Waals surface area contributed by atoms with Gasteiger partial charge in [0, 0.05) is 11.6 Å². The third-order valence-electron chi connectivity index (χ3n) is 3.45. The Bertz CT molecular complexity index is 557. The van der Waals surface area contributed by atoms with Crippen LogP contribution in [0.1, 0.15) is 35.2 Å². The molecule has 0 aliphatic carbocycles. The molecule has 2 aromatic carbocycles. The van der Waals surface area contributed by atoms with Gasteiger partial charge in [-0.25, -0.2) is 4.39 Å². The molecule has 0 fully saturated rings. The summed E-state index contributed by atoms with van der Waals surface area (Å²) in [5.41, 5.74) is 4.50. The van der Waals surface area contributed by atoms with E-state index >= 15 is 0 Å². The number of halogens is 1. The Morgan fingerprint density at radius 3 is 2.30 bits per heavy atom. The SMILES string of the molecule is CCNC(Cc1cc(C)cc(C)c1)c1ccccc1F. The molecule has 1 atom stereocenters. The van der Waals surface area contributed by atoms with Gasteiger partial charge in [-0.3, -0.25) is 0 Å². The van der Waals surface area contributed by atoms with Crippen molar-refractivity contribution in [3.05, 3.63) is 70.5 Å². The fraction of sp³-hybridized carbons (Fsp3) is 0.333. The lowest BCUT2D eigenvalue weighted by Crippen LogP contribution is -2.24. The molecule has 0 amide bonds. The molecular weight excluding hydrogens is 249 g/mol. The van der Waals surface area contributed by atoms with E-state index in [1.807, 2.05) is 12.1 Å². The van der Waals surface area contributed by atoms with E-state index < -0.39 is 0 Å². The topological polar surface area (TPSA) is 12.0 Å². The van der Waals surface area contributed by atoms with Gasteiger partial charge in [0.1, 0.15) is 5.82 Å². The van der Waals surface area contributed by atoms with E-state index in [9.17, 15) is 4.39 Å². The van der Waals surface area contributed by atoms with Crippen LogP contribution >= 0.6 is 0 Å². The standard InChI is InChI=1S/C18H22FN/c1-4-20-18(16-7-5-6-8-17(16)19)12-15-10-13(2)9-14(3)11-15/h5-11,18,20H,4,12H2,1-3H3. The molecule has 2 heteroatoms. The van der Waals surface area contributed by atoms with Crippen LogP contribution in [0.15, 0.2) is 42.5 Å². The molecule has 0 radical (unpaired) electrons. The monoisotopic (exact) mass is 271 g/mol. The highest BCUT2D eigenvalue weighted by molar-refractivity contribution is 5.31. The summed E-state index contributed by atoms with van der Waals surface area (Å²) in [5.74, 6) is -0.136. The molecule has 20 heavy (non-hydrogen) atoms. The van der Waals surface area contributed by atoms with Crippen molar-refractivity contribution in [2.45, 2.75) is 33.2 Å². The van der Waals surface area contributed by atoms with Gasteiger partial charge in [0.2, 0.25) is 0 Å². The zero-order valence-corrected chi connectivity index (χ0v) is 12.4. The summed E-state index contributed by atoms with van der Waals surface area (Å²) >= 11 is 0. The average Bonchev–Trinajstić information content (AvgIpc) is 2.37. The Hall–Kier alpha value is -1.67. The van der Waals surface area contributed by atoms with Gasteiger partial charge in [0.05, 0.1) is 0 Å². The first kappa shape index (κ1) is 14.7. The number of aryl methyl sites for hydroxylation is 2. The van der Waals surface area contributed by atoms with E-state index in [2.05, 4.69) is 44.3 Å². The van der Waals surface area contributed by atoms with Crippen LogP contribution in [0.2, 0.25) is 0 Å². The molecule has 0 saturated carbocycles. The molecule has 2 aromatic rings. The van der Waals surface area contributed by atoms with Crippen LogP contribution in [0, 0.1) is 19.7 Å². The first-order valence-corrected chi connectivity index (χ1v) is 7.15. The van der Waals surface area contributed by atoms with Gasteiger partial charge in [0.15, 0.2) is 0 Å². The lowest BCUT2D eigenvalue weighted by atomic mass is 9.96. The summed E-state index contributed by atoms with van der Waals surface area (Å²) in [6.07, 6.45) is 0.803. The number of rotatable bonds is 5. The van der Waals surface area contributed by atoms with Crippen molar-refractivity contribution in [2.24, 2.45) is 0 Å². The molecule has 0 heterocycles. The highest BCUT2D eigenvalue weighted by Crippen LogP contribution is 2.22. The second-order valence-electron chi connectivity index (χ2n) is 5.33. The summed E-state index contributed by atoms with van der Waals surface area (Å²) in [7, 11) is 0. The Labute approximate surface area is 120 Å². The molecular formula is C18H22FN. The molecule has 0 aromatic heterocycles. The molecule has 2 rings (SSSR count). The molecule has 1 nitrogen and oxygen atoms in total. The van der Waals surface area contributed by atoms with E-state index in [1.54, 1.807) is 6.07 Å². The predicted octanol–water partition coefficient (Wildman–Crippen LogP) is 4.34. The Morgan fingerprint density at radius 1 is 1.05 bits per heavy atom. The van der Waals surface area contributed by atoms with Crippen LogP contribution in [0.5, 0.6) is 0 Å². The van der Waals surface area contributed by atoms with E-state index in [0.717, 1.165) is 18.5 Å². The van der Waals surface area contributed by atoms with Crippen LogP contribution in [0.4, 0.5) is 4.39 Å². The van der Waals surface area contributed by atoms with Gasteiger partial charge < -0.3 is 5.32 Å². The Morgan fingerprint density at radius 2 is 1.70 bits per heavy atom. The fourth-order valence-corrected chi connectivity index (χ4v) is 2.72. The minimum Gasteiger partial charge on any atom is -0.310 e. The van der Waals surface area contributed by atoms with Crippen molar-refractivity contribution >= 4 is 0 Å². The molecule has 0 bridgehead atoms. The number of benzene rings is 2. The second-order valence-corrected chi connectivity index (χ2v) is 5.33.